The van der Waals surface area contributed by atoms with Crippen LogP contribution in [0.15, 0.2) is 53.4 Å². The van der Waals surface area contributed by atoms with E-state index in [0.29, 0.717) is 5.75 Å². The molecule has 3 rings (SSSR count). The zero-order chi connectivity index (χ0) is 18.0. The molecule has 1 aliphatic heterocycles. The van der Waals surface area contributed by atoms with Crippen molar-refractivity contribution in [1.82, 2.24) is 9.84 Å². The molecule has 9 heteroatoms. The van der Waals surface area contributed by atoms with E-state index < -0.39 is 21.2 Å². The van der Waals surface area contributed by atoms with E-state index in [9.17, 15) is 17.6 Å². The maximum Gasteiger partial charge on any atom is 0.257 e. The van der Waals surface area contributed by atoms with E-state index in [4.69, 9.17) is 4.74 Å². The van der Waals surface area contributed by atoms with Crippen molar-refractivity contribution in [3.8, 4) is 5.75 Å². The molecule has 0 aromatic heterocycles. The first-order chi connectivity index (χ1) is 11.9. The number of ether oxygens (including phenoxy) is 1. The monoisotopic (exact) mass is 382 g/mol. The van der Waals surface area contributed by atoms with Crippen LogP contribution in [0.1, 0.15) is 10.9 Å². The van der Waals surface area contributed by atoms with Crippen LogP contribution in [0, 0.1) is 5.82 Å². The second-order valence-electron chi connectivity index (χ2n) is 5.25. The van der Waals surface area contributed by atoms with Gasteiger partial charge in [0, 0.05) is 0 Å². The van der Waals surface area contributed by atoms with E-state index in [1.807, 2.05) is 0 Å². The Hall–Kier alpha value is -2.10. The molecule has 1 saturated heterocycles. The van der Waals surface area contributed by atoms with Gasteiger partial charge in [-0.05, 0) is 42.0 Å². The summed E-state index contributed by atoms with van der Waals surface area (Å²) in [7, 11) is -2.45. The molecular formula is C16H15FN2O4S2. The fourth-order valence-electron chi connectivity index (χ4n) is 2.33. The third-order valence-electron chi connectivity index (χ3n) is 3.61. The van der Waals surface area contributed by atoms with Gasteiger partial charge in [-0.15, -0.1) is 16.6 Å². The number of hydrogen-bond donors (Lipinski definition) is 1. The summed E-state index contributed by atoms with van der Waals surface area (Å²) in [4.78, 5) is 14.3. The Labute approximate surface area is 149 Å². The van der Waals surface area contributed by atoms with Crippen molar-refractivity contribution in [3.63, 3.8) is 0 Å². The van der Waals surface area contributed by atoms with Crippen LogP contribution in [0.4, 0.5) is 4.39 Å². The van der Waals surface area contributed by atoms with Gasteiger partial charge < -0.3 is 4.74 Å². The summed E-state index contributed by atoms with van der Waals surface area (Å²) in [5, 5.41) is 0.596. The minimum Gasteiger partial charge on any atom is -0.497 e. The zero-order valence-electron chi connectivity index (χ0n) is 13.2. The van der Waals surface area contributed by atoms with E-state index in [1.54, 1.807) is 31.4 Å². The van der Waals surface area contributed by atoms with E-state index in [1.165, 1.54) is 11.8 Å². The average Bonchev–Trinajstić information content (AvgIpc) is 2.95. The molecule has 25 heavy (non-hydrogen) atoms. The normalized spacial score (nSPS) is 17.8. The third-order valence-corrected chi connectivity index (χ3v) is 6.15. The molecule has 6 nitrogen and oxygen atoms in total. The first kappa shape index (κ1) is 17.7. The number of benzene rings is 2. The number of rotatable bonds is 5. The van der Waals surface area contributed by atoms with Gasteiger partial charge in [-0.1, -0.05) is 12.1 Å². The lowest BCUT2D eigenvalue weighted by Crippen LogP contribution is -2.44. The second kappa shape index (κ2) is 7.03. The van der Waals surface area contributed by atoms with Crippen molar-refractivity contribution < 1.29 is 22.3 Å². The molecule has 2 aromatic rings. The molecule has 0 aliphatic carbocycles. The smallest absolute Gasteiger partial charge is 0.257 e. The number of amides is 1. The van der Waals surface area contributed by atoms with E-state index in [2.05, 4.69) is 4.83 Å². The minimum absolute atomic E-state index is 0.118. The van der Waals surface area contributed by atoms with Crippen LogP contribution in [-0.2, 0) is 14.8 Å². The Balaban J connectivity index is 1.85. The van der Waals surface area contributed by atoms with Gasteiger partial charge >= 0.3 is 0 Å². The van der Waals surface area contributed by atoms with Crippen LogP contribution in [0.5, 0.6) is 5.75 Å². The predicted molar refractivity (Wildman–Crippen MR) is 91.8 cm³/mol. The molecule has 1 N–H and O–H groups in total. The molecule has 1 atom stereocenters. The molecule has 1 fully saturated rings. The van der Waals surface area contributed by atoms with Crippen LogP contribution in [0.2, 0.25) is 0 Å². The fourth-order valence-corrected chi connectivity index (χ4v) is 4.57. The van der Waals surface area contributed by atoms with Gasteiger partial charge in [0.15, 0.2) is 0 Å². The summed E-state index contributed by atoms with van der Waals surface area (Å²) in [6.45, 7) is 0. The summed E-state index contributed by atoms with van der Waals surface area (Å²) >= 11 is 1.31. The Morgan fingerprint density at radius 1 is 1.16 bits per heavy atom. The SMILES string of the molecule is COc1ccc([C@H]2SCC(=O)N2NS(=O)(=O)c2ccc(F)cc2)cc1. The molecular weight excluding hydrogens is 367 g/mol. The first-order valence-corrected chi connectivity index (χ1v) is 9.79. The number of nitrogens with zero attached hydrogens (tertiary/aromatic N) is 1. The van der Waals surface area contributed by atoms with Gasteiger partial charge in [0.1, 0.15) is 16.9 Å². The number of halogens is 1. The van der Waals surface area contributed by atoms with Gasteiger partial charge in [0.25, 0.3) is 10.0 Å². The first-order valence-electron chi connectivity index (χ1n) is 7.26. The maximum absolute atomic E-state index is 13.0. The lowest BCUT2D eigenvalue weighted by atomic mass is 10.2. The van der Waals surface area contributed by atoms with Crippen LogP contribution < -0.4 is 9.57 Å². The molecule has 0 bridgehead atoms. The lowest BCUT2D eigenvalue weighted by molar-refractivity contribution is -0.129. The average molecular weight is 382 g/mol. The Morgan fingerprint density at radius 3 is 2.40 bits per heavy atom. The summed E-state index contributed by atoms with van der Waals surface area (Å²) in [6.07, 6.45) is 0. The van der Waals surface area contributed by atoms with Crippen molar-refractivity contribution in [2.75, 3.05) is 12.9 Å². The zero-order valence-corrected chi connectivity index (χ0v) is 14.8. The highest BCUT2D eigenvalue weighted by Crippen LogP contribution is 2.38. The number of carbonyl (C=O) groups excluding carboxylic acids is 1. The maximum atomic E-state index is 13.0. The van der Waals surface area contributed by atoms with E-state index >= 15 is 0 Å². The highest BCUT2D eigenvalue weighted by atomic mass is 32.2. The van der Waals surface area contributed by atoms with Crippen LogP contribution >= 0.6 is 11.8 Å². The van der Waals surface area contributed by atoms with Crippen molar-refractivity contribution in [2.45, 2.75) is 10.3 Å². The largest absolute Gasteiger partial charge is 0.497 e. The Kier molecular flexibility index (Phi) is 4.98. The molecule has 0 radical (unpaired) electrons. The topological polar surface area (TPSA) is 75.7 Å². The van der Waals surface area contributed by atoms with E-state index in [0.717, 1.165) is 34.8 Å². The molecule has 1 heterocycles. The standard InChI is InChI=1S/C16H15FN2O4S2/c1-23-13-6-2-11(3-7-13)16-19(15(20)10-24-16)18-25(21,22)14-8-4-12(17)5-9-14/h2-9,16,18H,10H2,1H3/t16-/m1/s1. The molecule has 1 aliphatic rings. The van der Waals surface area contributed by atoms with Gasteiger partial charge in [0.2, 0.25) is 5.91 Å². The van der Waals surface area contributed by atoms with Crippen molar-refractivity contribution in [3.05, 3.63) is 59.9 Å². The summed E-state index contributed by atoms with van der Waals surface area (Å²) in [6, 6.07) is 11.4. The van der Waals surface area contributed by atoms with Gasteiger partial charge in [-0.3, -0.25) is 4.79 Å². The summed E-state index contributed by atoms with van der Waals surface area (Å²) in [5.74, 6) is -0.0706. The van der Waals surface area contributed by atoms with E-state index in [-0.39, 0.29) is 16.6 Å². The quantitative estimate of drug-likeness (QED) is 0.859. The lowest BCUT2D eigenvalue weighted by Gasteiger charge is -2.24. The second-order valence-corrected chi connectivity index (χ2v) is 7.98. The highest BCUT2D eigenvalue weighted by Gasteiger charge is 2.36. The number of hydrogen-bond acceptors (Lipinski definition) is 5. The number of methoxy groups -OCH3 is 1. The molecule has 1 amide bonds. The summed E-state index contributed by atoms with van der Waals surface area (Å²) in [5.41, 5.74) is 0.762. The summed E-state index contributed by atoms with van der Waals surface area (Å²) < 4.78 is 43.0. The Morgan fingerprint density at radius 2 is 1.80 bits per heavy atom. The highest BCUT2D eigenvalue weighted by molar-refractivity contribution is 8.00. The number of sulfonamides is 1. The Bertz CT molecular complexity index is 870. The molecule has 0 unspecified atom stereocenters. The van der Waals surface area contributed by atoms with Crippen molar-refractivity contribution in [2.24, 2.45) is 0 Å². The fraction of sp³-hybridized carbons (Fsp3) is 0.188. The minimum atomic E-state index is -4.00. The number of carbonyl (C=O) groups is 1. The number of nitrogens with one attached hydrogen (secondary N) is 1. The van der Waals surface area contributed by atoms with Crippen LogP contribution in [0.25, 0.3) is 0 Å². The van der Waals surface area contributed by atoms with Crippen LogP contribution in [-0.4, -0.2) is 32.2 Å². The molecule has 0 spiro atoms. The van der Waals surface area contributed by atoms with Gasteiger partial charge in [-0.25, -0.2) is 17.8 Å². The predicted octanol–water partition coefficient (Wildman–Crippen LogP) is 2.30. The molecule has 132 valence electrons. The third kappa shape index (κ3) is 3.78. The van der Waals surface area contributed by atoms with Gasteiger partial charge in [-0.2, -0.15) is 0 Å². The van der Waals surface area contributed by atoms with Gasteiger partial charge in [0.05, 0.1) is 17.8 Å². The molecule has 0 saturated carbocycles. The number of hydrazine groups is 1. The number of thioether (sulfide) groups is 1. The van der Waals surface area contributed by atoms with Crippen molar-refractivity contribution in [1.29, 1.82) is 0 Å². The molecule has 2 aromatic carbocycles. The van der Waals surface area contributed by atoms with Crippen molar-refractivity contribution >= 4 is 27.7 Å². The van der Waals surface area contributed by atoms with Crippen LogP contribution in [0.3, 0.4) is 0 Å².